The normalized spacial score (nSPS) is 27.6. The van der Waals surface area contributed by atoms with Crippen LogP contribution >= 0.6 is 11.8 Å². The molecule has 4 heterocycles. The van der Waals surface area contributed by atoms with Crippen molar-refractivity contribution in [3.8, 4) is 0 Å². The van der Waals surface area contributed by atoms with Crippen molar-refractivity contribution in [2.45, 2.75) is 29.4 Å². The highest BCUT2D eigenvalue weighted by atomic mass is 32.2. The van der Waals surface area contributed by atoms with Crippen molar-refractivity contribution in [1.82, 2.24) is 9.88 Å². The number of aliphatic hydroxyl groups is 1. The van der Waals surface area contributed by atoms with Gasteiger partial charge in [-0.3, -0.25) is 9.88 Å². The number of aromatic nitrogens is 1. The largest absolute Gasteiger partial charge is 0.383 e. The van der Waals surface area contributed by atoms with E-state index < -0.39 is 5.60 Å². The van der Waals surface area contributed by atoms with Crippen LogP contribution in [0.2, 0.25) is 0 Å². The molecule has 4 heteroatoms. The van der Waals surface area contributed by atoms with Gasteiger partial charge in [0.25, 0.3) is 0 Å². The van der Waals surface area contributed by atoms with E-state index in [9.17, 15) is 5.11 Å². The monoisotopic (exact) mass is 416 g/mol. The first-order valence-electron chi connectivity index (χ1n) is 10.8. The summed E-state index contributed by atoms with van der Waals surface area (Å²) in [6, 6.07) is 20.7. The fraction of sp³-hybridized carbons (Fsp3) is 0.346. The molecule has 30 heavy (non-hydrogen) atoms. The zero-order valence-corrected chi connectivity index (χ0v) is 18.0. The molecule has 6 rings (SSSR count). The van der Waals surface area contributed by atoms with Crippen molar-refractivity contribution in [3.05, 3.63) is 85.1 Å². The highest BCUT2D eigenvalue weighted by Gasteiger charge is 2.49. The highest BCUT2D eigenvalue weighted by molar-refractivity contribution is 7.99. The van der Waals surface area contributed by atoms with E-state index in [4.69, 9.17) is 0 Å². The summed E-state index contributed by atoms with van der Waals surface area (Å²) in [6.07, 6.45) is 6.18. The van der Waals surface area contributed by atoms with E-state index in [1.807, 2.05) is 36.5 Å². The Labute approximate surface area is 182 Å². The molecule has 3 aliphatic heterocycles. The molecule has 0 spiro atoms. The van der Waals surface area contributed by atoms with Crippen molar-refractivity contribution < 1.29 is 5.11 Å². The first-order chi connectivity index (χ1) is 14.7. The van der Waals surface area contributed by atoms with Gasteiger partial charge in [0.2, 0.25) is 0 Å². The Balaban J connectivity index is 1.56. The second-order valence-electron chi connectivity index (χ2n) is 8.60. The number of nitrogens with zero attached hydrogens (tertiary/aromatic N) is 2. The summed E-state index contributed by atoms with van der Waals surface area (Å²) in [4.78, 5) is 8.24. The number of fused-ring (bicyclic) bond motifs is 4. The van der Waals surface area contributed by atoms with Crippen LogP contribution in [0, 0.1) is 11.8 Å². The van der Waals surface area contributed by atoms with E-state index in [2.05, 4.69) is 52.9 Å². The summed E-state index contributed by atoms with van der Waals surface area (Å²) in [5, 5.41) is 13.5. The molecule has 5 unspecified atom stereocenters. The topological polar surface area (TPSA) is 36.4 Å². The van der Waals surface area contributed by atoms with Crippen LogP contribution in [0.3, 0.4) is 0 Å². The summed E-state index contributed by atoms with van der Waals surface area (Å²) >= 11 is 1.74. The maximum absolute atomic E-state index is 12.4. The Morgan fingerprint density at radius 2 is 1.93 bits per heavy atom. The number of hydrogen-bond donors (Lipinski definition) is 1. The van der Waals surface area contributed by atoms with Crippen LogP contribution in [-0.2, 0) is 5.60 Å². The lowest BCUT2D eigenvalue weighted by molar-refractivity contribution is -0.0959. The first-order valence-corrected chi connectivity index (χ1v) is 11.8. The quantitative estimate of drug-likeness (QED) is 0.447. The van der Waals surface area contributed by atoms with Gasteiger partial charge in [-0.1, -0.05) is 42.5 Å². The van der Waals surface area contributed by atoms with Gasteiger partial charge >= 0.3 is 0 Å². The van der Waals surface area contributed by atoms with Gasteiger partial charge in [-0.25, -0.2) is 0 Å². The molecule has 3 aliphatic rings. The maximum atomic E-state index is 12.4. The van der Waals surface area contributed by atoms with E-state index in [-0.39, 0.29) is 6.04 Å². The molecule has 3 nitrogen and oxygen atoms in total. The lowest BCUT2D eigenvalue weighted by atomic mass is 9.70. The highest BCUT2D eigenvalue weighted by Crippen LogP contribution is 2.46. The smallest absolute Gasteiger partial charge is 0.115 e. The molecule has 1 N–H and O–H groups in total. The molecule has 3 aromatic rings. The van der Waals surface area contributed by atoms with Crippen LogP contribution < -0.4 is 0 Å². The van der Waals surface area contributed by atoms with E-state index >= 15 is 0 Å². The summed E-state index contributed by atoms with van der Waals surface area (Å²) < 4.78 is 0. The molecule has 5 atom stereocenters. The molecular formula is C26H28N2OS. The Morgan fingerprint density at radius 1 is 1.13 bits per heavy atom. The zero-order valence-electron chi connectivity index (χ0n) is 17.2. The second kappa shape index (κ2) is 8.18. The van der Waals surface area contributed by atoms with Gasteiger partial charge < -0.3 is 5.11 Å². The summed E-state index contributed by atoms with van der Waals surface area (Å²) in [6.45, 7) is 6.12. The van der Waals surface area contributed by atoms with Crippen molar-refractivity contribution >= 4 is 22.7 Å². The van der Waals surface area contributed by atoms with E-state index in [0.29, 0.717) is 17.6 Å². The summed E-state index contributed by atoms with van der Waals surface area (Å²) in [5.74, 6) is 1.77. The Kier molecular flexibility index (Phi) is 5.40. The Morgan fingerprint density at radius 3 is 2.70 bits per heavy atom. The van der Waals surface area contributed by atoms with Crippen LogP contribution in [0.4, 0.5) is 0 Å². The fourth-order valence-corrected chi connectivity index (χ4v) is 6.45. The standard InChI is InChI=1S/C26H28N2OS/c1-2-19-17-28-15-13-20(19)16-25(28)26(29,18-30-21-8-4-3-5-9-21)23-12-14-27-24-11-7-6-10-22(23)24/h2-12,14,19-20,25,29H,1,13,15-18H2. The third-order valence-electron chi connectivity index (χ3n) is 6.98. The SMILES string of the molecule is C=CC1CN2CCC1CC2C(O)(CSc1ccccc1)c1ccnc2ccccc12. The van der Waals surface area contributed by atoms with Gasteiger partial charge in [-0.2, -0.15) is 0 Å². The molecule has 2 bridgehead atoms. The molecule has 0 radical (unpaired) electrons. The summed E-state index contributed by atoms with van der Waals surface area (Å²) in [5.41, 5.74) is 0.996. The van der Waals surface area contributed by atoms with Crippen LogP contribution in [0.25, 0.3) is 10.9 Å². The zero-order chi connectivity index (χ0) is 20.6. The lowest BCUT2D eigenvalue weighted by Gasteiger charge is -2.54. The fourth-order valence-electron chi connectivity index (χ4n) is 5.37. The van der Waals surface area contributed by atoms with E-state index in [1.54, 1.807) is 11.8 Å². The van der Waals surface area contributed by atoms with Crippen molar-refractivity contribution in [2.24, 2.45) is 11.8 Å². The average molecular weight is 417 g/mol. The number of thioether (sulfide) groups is 1. The minimum atomic E-state index is -0.951. The van der Waals surface area contributed by atoms with Gasteiger partial charge in [0.15, 0.2) is 0 Å². The predicted octanol–water partition coefficient (Wildman–Crippen LogP) is 5.11. The molecule has 3 fully saturated rings. The average Bonchev–Trinajstić information content (AvgIpc) is 2.83. The second-order valence-corrected chi connectivity index (χ2v) is 9.65. The van der Waals surface area contributed by atoms with Crippen molar-refractivity contribution in [3.63, 3.8) is 0 Å². The molecule has 2 aromatic carbocycles. The molecule has 0 saturated carbocycles. The van der Waals surface area contributed by atoms with Gasteiger partial charge in [-0.15, -0.1) is 18.3 Å². The van der Waals surface area contributed by atoms with Crippen molar-refractivity contribution in [2.75, 3.05) is 18.8 Å². The number of pyridine rings is 1. The van der Waals surface area contributed by atoms with Gasteiger partial charge in [0, 0.05) is 34.8 Å². The maximum Gasteiger partial charge on any atom is 0.115 e. The van der Waals surface area contributed by atoms with Crippen molar-refractivity contribution in [1.29, 1.82) is 0 Å². The number of hydrogen-bond acceptors (Lipinski definition) is 4. The molecular weight excluding hydrogens is 388 g/mol. The van der Waals surface area contributed by atoms with Crippen LogP contribution in [0.5, 0.6) is 0 Å². The lowest BCUT2D eigenvalue weighted by Crippen LogP contribution is -2.61. The number of rotatable bonds is 6. The van der Waals surface area contributed by atoms with Crippen LogP contribution in [0.1, 0.15) is 18.4 Å². The minimum absolute atomic E-state index is 0.106. The van der Waals surface area contributed by atoms with Gasteiger partial charge in [-0.05, 0) is 61.1 Å². The number of benzene rings is 2. The van der Waals surface area contributed by atoms with Crippen LogP contribution in [0.15, 0.2) is 84.4 Å². The third-order valence-corrected chi connectivity index (χ3v) is 8.17. The van der Waals surface area contributed by atoms with E-state index in [0.717, 1.165) is 36.0 Å². The number of para-hydroxylation sites is 1. The van der Waals surface area contributed by atoms with Crippen LogP contribution in [-0.4, -0.2) is 39.9 Å². The molecule has 154 valence electrons. The van der Waals surface area contributed by atoms with Gasteiger partial charge in [0.05, 0.1) is 5.52 Å². The molecule has 0 amide bonds. The Hall–Kier alpha value is -2.14. The van der Waals surface area contributed by atoms with Gasteiger partial charge in [0.1, 0.15) is 5.60 Å². The minimum Gasteiger partial charge on any atom is -0.383 e. The predicted molar refractivity (Wildman–Crippen MR) is 125 cm³/mol. The number of piperidine rings is 3. The Bertz CT molecular complexity index is 1030. The first kappa shape index (κ1) is 19.8. The molecule has 1 aromatic heterocycles. The van der Waals surface area contributed by atoms with E-state index in [1.165, 1.54) is 11.3 Å². The molecule has 0 aliphatic carbocycles. The summed E-state index contributed by atoms with van der Waals surface area (Å²) in [7, 11) is 0. The molecule has 3 saturated heterocycles. The third kappa shape index (κ3) is 3.47.